The summed E-state index contributed by atoms with van der Waals surface area (Å²) in [5.74, 6) is 1.63. The van der Waals surface area contributed by atoms with Crippen LogP contribution in [0.15, 0.2) is 24.3 Å². The Morgan fingerprint density at radius 3 is 2.54 bits per heavy atom. The van der Waals surface area contributed by atoms with Gasteiger partial charge >= 0.3 is 0 Å². The Bertz CT molecular complexity index is 686. The summed E-state index contributed by atoms with van der Waals surface area (Å²) < 4.78 is 28.5. The first-order chi connectivity index (χ1) is 12.2. The quantitative estimate of drug-likeness (QED) is 0.691. The predicted octanol–water partition coefficient (Wildman–Crippen LogP) is 2.83. The average molecular weight is 400 g/mol. The number of hydrogen-bond acceptors (Lipinski definition) is 5. The minimum atomic E-state index is -2.88. The zero-order valence-corrected chi connectivity index (χ0v) is 17.4. The fraction of sp³-hybridized carbons (Fsp3) is 0.632. The molecule has 5 nitrogen and oxygen atoms in total. The van der Waals surface area contributed by atoms with Crippen molar-refractivity contribution in [2.45, 2.75) is 57.4 Å². The first kappa shape index (κ1) is 21.1. The molecule has 1 aliphatic rings. The van der Waals surface area contributed by atoms with Gasteiger partial charge in [-0.1, -0.05) is 12.1 Å². The maximum Gasteiger partial charge on any atom is 0.230 e. The minimum absolute atomic E-state index is 0.0209. The highest BCUT2D eigenvalue weighted by Crippen LogP contribution is 2.24. The number of aryl methyl sites for hydroxylation is 1. The molecule has 2 rings (SSSR count). The highest BCUT2D eigenvalue weighted by atomic mass is 32.2. The van der Waals surface area contributed by atoms with Crippen LogP contribution >= 0.6 is 11.8 Å². The van der Waals surface area contributed by atoms with Crippen molar-refractivity contribution < 1.29 is 17.9 Å². The molecule has 2 unspecified atom stereocenters. The van der Waals surface area contributed by atoms with Crippen LogP contribution in [0.4, 0.5) is 0 Å². The van der Waals surface area contributed by atoms with Gasteiger partial charge in [0, 0.05) is 11.3 Å². The zero-order valence-electron chi connectivity index (χ0n) is 15.7. The van der Waals surface area contributed by atoms with E-state index in [1.807, 2.05) is 32.9 Å². The second kappa shape index (κ2) is 9.65. The van der Waals surface area contributed by atoms with E-state index in [2.05, 4.69) is 17.4 Å². The largest absolute Gasteiger partial charge is 0.491 e. The molecule has 1 aromatic rings. The average Bonchev–Trinajstić information content (AvgIpc) is 2.91. The van der Waals surface area contributed by atoms with Crippen molar-refractivity contribution in [1.29, 1.82) is 0 Å². The lowest BCUT2D eigenvalue weighted by Gasteiger charge is -2.15. The van der Waals surface area contributed by atoms with Gasteiger partial charge in [-0.3, -0.25) is 4.79 Å². The van der Waals surface area contributed by atoms with Gasteiger partial charge in [0.15, 0.2) is 9.84 Å². The highest BCUT2D eigenvalue weighted by Gasteiger charge is 2.28. The number of hydrogen-bond donors (Lipinski definition) is 1. The fourth-order valence-corrected chi connectivity index (χ4v) is 6.32. The summed E-state index contributed by atoms with van der Waals surface area (Å²) >= 11 is 1.45. The van der Waals surface area contributed by atoms with Crippen molar-refractivity contribution in [2.75, 3.05) is 17.3 Å². The molecule has 0 saturated carbocycles. The summed E-state index contributed by atoms with van der Waals surface area (Å²) in [6.07, 6.45) is 2.57. The fourth-order valence-electron chi connectivity index (χ4n) is 2.86. The van der Waals surface area contributed by atoms with E-state index >= 15 is 0 Å². The van der Waals surface area contributed by atoms with Gasteiger partial charge in [0.1, 0.15) is 5.75 Å². The third kappa shape index (κ3) is 7.58. The Morgan fingerprint density at radius 1 is 1.27 bits per heavy atom. The van der Waals surface area contributed by atoms with E-state index < -0.39 is 9.84 Å². The van der Waals surface area contributed by atoms with E-state index in [-0.39, 0.29) is 34.8 Å². The summed E-state index contributed by atoms with van der Waals surface area (Å²) in [7, 11) is -2.88. The normalized spacial score (nSPS) is 20.1. The summed E-state index contributed by atoms with van der Waals surface area (Å²) in [5.41, 5.74) is 1.22. The SMILES string of the molecule is CC(CCc1ccc(OC(C)C)cc1)NC(=O)CSC1CCS(=O)(=O)C1. The van der Waals surface area contributed by atoms with Crippen LogP contribution < -0.4 is 10.1 Å². The monoisotopic (exact) mass is 399 g/mol. The van der Waals surface area contributed by atoms with Crippen molar-refractivity contribution in [3.05, 3.63) is 29.8 Å². The number of sulfone groups is 1. The molecule has 0 bridgehead atoms. The maximum atomic E-state index is 12.0. The van der Waals surface area contributed by atoms with Gasteiger partial charge in [-0.05, 0) is 57.7 Å². The molecule has 26 heavy (non-hydrogen) atoms. The Kier molecular flexibility index (Phi) is 7.83. The molecule has 1 saturated heterocycles. The van der Waals surface area contributed by atoms with Crippen LogP contribution in [-0.2, 0) is 21.1 Å². The van der Waals surface area contributed by atoms with Crippen molar-refractivity contribution >= 4 is 27.5 Å². The van der Waals surface area contributed by atoms with Crippen LogP contribution in [0.5, 0.6) is 5.75 Å². The minimum Gasteiger partial charge on any atom is -0.491 e. The summed E-state index contributed by atoms with van der Waals surface area (Å²) in [5, 5.41) is 3.06. The molecule has 1 amide bonds. The lowest BCUT2D eigenvalue weighted by atomic mass is 10.1. The topological polar surface area (TPSA) is 72.5 Å². The molecule has 7 heteroatoms. The maximum absolute atomic E-state index is 12.0. The van der Waals surface area contributed by atoms with Gasteiger partial charge in [-0.2, -0.15) is 0 Å². The number of ether oxygens (including phenoxy) is 1. The van der Waals surface area contributed by atoms with E-state index in [4.69, 9.17) is 4.74 Å². The molecule has 1 aliphatic heterocycles. The van der Waals surface area contributed by atoms with Crippen LogP contribution in [0.3, 0.4) is 0 Å². The van der Waals surface area contributed by atoms with E-state index in [0.29, 0.717) is 12.2 Å². The number of rotatable bonds is 9. The molecular formula is C19H29NO4S2. The second-order valence-electron chi connectivity index (χ2n) is 7.15. The standard InChI is InChI=1S/C19H29NO4S2/c1-14(2)24-17-8-6-16(7-9-17)5-4-15(3)20-19(21)12-25-18-10-11-26(22,23)13-18/h6-9,14-15,18H,4-5,10-13H2,1-3H3,(H,20,21). The van der Waals surface area contributed by atoms with Gasteiger partial charge in [-0.25, -0.2) is 8.42 Å². The van der Waals surface area contributed by atoms with E-state index in [9.17, 15) is 13.2 Å². The predicted molar refractivity (Wildman–Crippen MR) is 108 cm³/mol. The van der Waals surface area contributed by atoms with Crippen molar-refractivity contribution in [3.63, 3.8) is 0 Å². The Morgan fingerprint density at radius 2 is 1.96 bits per heavy atom. The van der Waals surface area contributed by atoms with Gasteiger partial charge in [0.25, 0.3) is 0 Å². The Hall–Kier alpha value is -1.21. The van der Waals surface area contributed by atoms with Gasteiger partial charge in [0.2, 0.25) is 5.91 Å². The first-order valence-electron chi connectivity index (χ1n) is 9.10. The molecule has 2 atom stereocenters. The van der Waals surface area contributed by atoms with Crippen LogP contribution in [-0.4, -0.2) is 49.0 Å². The summed E-state index contributed by atoms with van der Waals surface area (Å²) in [6, 6.07) is 8.16. The van der Waals surface area contributed by atoms with Crippen LogP contribution in [0.1, 0.15) is 39.2 Å². The molecular weight excluding hydrogens is 370 g/mol. The lowest BCUT2D eigenvalue weighted by Crippen LogP contribution is -2.34. The van der Waals surface area contributed by atoms with Crippen molar-refractivity contribution in [3.8, 4) is 5.75 Å². The third-order valence-electron chi connectivity index (χ3n) is 4.21. The van der Waals surface area contributed by atoms with Gasteiger partial charge in [0.05, 0.1) is 23.4 Å². The Labute approximate surface area is 161 Å². The molecule has 0 spiro atoms. The number of nitrogens with one attached hydrogen (secondary N) is 1. The number of carbonyl (C=O) groups excluding carboxylic acids is 1. The number of benzene rings is 1. The molecule has 0 aromatic heterocycles. The molecule has 1 N–H and O–H groups in total. The van der Waals surface area contributed by atoms with Crippen molar-refractivity contribution in [1.82, 2.24) is 5.32 Å². The van der Waals surface area contributed by atoms with E-state index in [1.165, 1.54) is 17.3 Å². The zero-order chi connectivity index (χ0) is 19.2. The Balaban J connectivity index is 1.66. The molecule has 1 aromatic carbocycles. The highest BCUT2D eigenvalue weighted by molar-refractivity contribution is 8.02. The summed E-state index contributed by atoms with van der Waals surface area (Å²) in [6.45, 7) is 6.00. The molecule has 0 aliphatic carbocycles. The molecule has 1 fully saturated rings. The van der Waals surface area contributed by atoms with Crippen LogP contribution in [0, 0.1) is 0 Å². The smallest absolute Gasteiger partial charge is 0.230 e. The first-order valence-corrected chi connectivity index (χ1v) is 12.0. The van der Waals surface area contributed by atoms with Crippen molar-refractivity contribution in [2.24, 2.45) is 0 Å². The molecule has 146 valence electrons. The van der Waals surface area contributed by atoms with E-state index in [1.54, 1.807) is 0 Å². The second-order valence-corrected chi connectivity index (χ2v) is 10.7. The number of amides is 1. The number of carbonyl (C=O) groups is 1. The number of thioether (sulfide) groups is 1. The lowest BCUT2D eigenvalue weighted by molar-refractivity contribution is -0.119. The third-order valence-corrected chi connectivity index (χ3v) is 7.49. The van der Waals surface area contributed by atoms with Gasteiger partial charge < -0.3 is 10.1 Å². The summed E-state index contributed by atoms with van der Waals surface area (Å²) in [4.78, 5) is 12.0. The van der Waals surface area contributed by atoms with Crippen LogP contribution in [0.2, 0.25) is 0 Å². The van der Waals surface area contributed by atoms with Gasteiger partial charge in [-0.15, -0.1) is 11.8 Å². The molecule has 0 radical (unpaired) electrons. The molecule has 1 heterocycles. The van der Waals surface area contributed by atoms with E-state index in [0.717, 1.165) is 18.6 Å². The van der Waals surface area contributed by atoms with Crippen LogP contribution in [0.25, 0.3) is 0 Å².